The van der Waals surface area contributed by atoms with Crippen LogP contribution in [0.5, 0.6) is 0 Å². The van der Waals surface area contributed by atoms with Crippen molar-refractivity contribution in [1.82, 2.24) is 0 Å². The zero-order valence-electron chi connectivity index (χ0n) is 7.10. The maximum absolute atomic E-state index is 2.29. The molecule has 3 rings (SSSR count). The molecule has 0 fully saturated rings. The standard InChI is InChI=1S/C11H9NS/c1-3-9-4-2-6-12-7-8-13-10(5-1)11(9)12/h1-5,7-8H,6H2. The summed E-state index contributed by atoms with van der Waals surface area (Å²) in [5.41, 5.74) is 2.71. The third-order valence-corrected chi connectivity index (χ3v) is 3.19. The Morgan fingerprint density at radius 1 is 1.31 bits per heavy atom. The lowest BCUT2D eigenvalue weighted by Gasteiger charge is -2.29. The van der Waals surface area contributed by atoms with Crippen molar-refractivity contribution in [2.75, 3.05) is 11.4 Å². The highest BCUT2D eigenvalue weighted by Crippen LogP contribution is 2.39. The monoisotopic (exact) mass is 187 g/mol. The van der Waals surface area contributed by atoms with Gasteiger partial charge in [0.25, 0.3) is 0 Å². The molecule has 1 aromatic carbocycles. The van der Waals surface area contributed by atoms with Crippen LogP contribution in [0.3, 0.4) is 0 Å². The Morgan fingerprint density at radius 2 is 2.31 bits per heavy atom. The molecule has 64 valence electrons. The zero-order chi connectivity index (χ0) is 8.67. The van der Waals surface area contributed by atoms with E-state index in [0.717, 1.165) is 6.54 Å². The van der Waals surface area contributed by atoms with Crippen molar-refractivity contribution >= 4 is 23.5 Å². The van der Waals surface area contributed by atoms with Crippen LogP contribution in [0.4, 0.5) is 5.69 Å². The van der Waals surface area contributed by atoms with Crippen molar-refractivity contribution in [1.29, 1.82) is 0 Å². The van der Waals surface area contributed by atoms with E-state index >= 15 is 0 Å². The zero-order valence-corrected chi connectivity index (χ0v) is 7.92. The number of para-hydroxylation sites is 1. The van der Waals surface area contributed by atoms with Gasteiger partial charge in [-0.1, -0.05) is 36.0 Å². The first-order valence-corrected chi connectivity index (χ1v) is 5.23. The van der Waals surface area contributed by atoms with Crippen LogP contribution < -0.4 is 4.90 Å². The molecule has 0 saturated heterocycles. The van der Waals surface area contributed by atoms with Crippen LogP contribution >= 0.6 is 11.8 Å². The predicted molar refractivity (Wildman–Crippen MR) is 57.8 cm³/mol. The fraction of sp³-hybridized carbons (Fsp3) is 0.0909. The minimum Gasteiger partial charge on any atom is -0.342 e. The molecule has 13 heavy (non-hydrogen) atoms. The number of hydrogen-bond acceptors (Lipinski definition) is 2. The Morgan fingerprint density at radius 3 is 3.31 bits per heavy atom. The second-order valence-corrected chi connectivity index (χ2v) is 4.10. The summed E-state index contributed by atoms with van der Waals surface area (Å²) >= 11 is 1.80. The molecule has 0 atom stereocenters. The molecule has 0 radical (unpaired) electrons. The molecule has 0 spiro atoms. The number of thioether (sulfide) groups is 1. The summed E-state index contributed by atoms with van der Waals surface area (Å²) in [7, 11) is 0. The smallest absolute Gasteiger partial charge is 0.0624 e. The SMILES string of the molecule is C1=Cc2cccc3c2N(C=CS3)C1. The average Bonchev–Trinajstić information content (AvgIpc) is 2.19. The maximum atomic E-state index is 2.29. The van der Waals surface area contributed by atoms with Crippen molar-refractivity contribution in [2.45, 2.75) is 4.90 Å². The molecule has 2 heterocycles. The highest BCUT2D eigenvalue weighted by Gasteiger charge is 2.17. The highest BCUT2D eigenvalue weighted by molar-refractivity contribution is 8.02. The Bertz CT molecular complexity index is 407. The van der Waals surface area contributed by atoms with Gasteiger partial charge in [-0.25, -0.2) is 0 Å². The van der Waals surface area contributed by atoms with Gasteiger partial charge in [-0.3, -0.25) is 0 Å². The van der Waals surface area contributed by atoms with Gasteiger partial charge in [0.05, 0.1) is 5.69 Å². The largest absolute Gasteiger partial charge is 0.342 e. The van der Waals surface area contributed by atoms with E-state index in [1.165, 1.54) is 16.1 Å². The topological polar surface area (TPSA) is 3.24 Å². The second kappa shape index (κ2) is 2.67. The normalized spacial score (nSPS) is 17.4. The van der Waals surface area contributed by atoms with Crippen LogP contribution in [-0.4, -0.2) is 6.54 Å². The second-order valence-electron chi connectivity index (χ2n) is 3.15. The van der Waals surface area contributed by atoms with Gasteiger partial charge in [-0.2, -0.15) is 0 Å². The number of anilines is 1. The van der Waals surface area contributed by atoms with Crippen molar-refractivity contribution < 1.29 is 0 Å². The summed E-state index contributed by atoms with van der Waals surface area (Å²) in [5.74, 6) is 0. The van der Waals surface area contributed by atoms with E-state index in [1.54, 1.807) is 11.8 Å². The molecule has 0 N–H and O–H groups in total. The summed E-state index contributed by atoms with van der Waals surface area (Å²) in [6, 6.07) is 6.47. The van der Waals surface area contributed by atoms with E-state index < -0.39 is 0 Å². The average molecular weight is 187 g/mol. The van der Waals surface area contributed by atoms with Crippen LogP contribution in [0.25, 0.3) is 6.08 Å². The summed E-state index contributed by atoms with van der Waals surface area (Å²) < 4.78 is 0. The molecule has 0 unspecified atom stereocenters. The molecule has 0 bridgehead atoms. The minimum atomic E-state index is 1.00. The molecular formula is C11H9NS. The van der Waals surface area contributed by atoms with Gasteiger partial charge in [-0.05, 0) is 17.0 Å². The van der Waals surface area contributed by atoms with E-state index in [4.69, 9.17) is 0 Å². The fourth-order valence-corrected chi connectivity index (χ4v) is 2.63. The molecule has 1 nitrogen and oxygen atoms in total. The van der Waals surface area contributed by atoms with Gasteiger partial charge >= 0.3 is 0 Å². The Labute approximate surface area is 81.7 Å². The third-order valence-electron chi connectivity index (χ3n) is 2.35. The molecule has 0 aromatic heterocycles. The lowest BCUT2D eigenvalue weighted by atomic mass is 10.1. The summed E-state index contributed by atoms with van der Waals surface area (Å²) in [6.45, 7) is 1.00. The van der Waals surface area contributed by atoms with Gasteiger partial charge in [0.1, 0.15) is 0 Å². The Balaban J connectivity index is 2.29. The van der Waals surface area contributed by atoms with Gasteiger partial charge in [0.2, 0.25) is 0 Å². The minimum absolute atomic E-state index is 1.00. The molecular weight excluding hydrogens is 178 g/mol. The van der Waals surface area contributed by atoms with Crippen molar-refractivity contribution in [2.24, 2.45) is 0 Å². The Kier molecular flexibility index (Phi) is 1.49. The van der Waals surface area contributed by atoms with Crippen LogP contribution in [-0.2, 0) is 0 Å². The first kappa shape index (κ1) is 7.27. The summed E-state index contributed by atoms with van der Waals surface area (Å²) in [6.07, 6.45) is 6.56. The molecule has 0 aliphatic carbocycles. The first-order chi connectivity index (χ1) is 6.45. The fourth-order valence-electron chi connectivity index (χ4n) is 1.77. The number of hydrogen-bond donors (Lipinski definition) is 0. The summed E-state index contributed by atoms with van der Waals surface area (Å²) in [4.78, 5) is 3.66. The van der Waals surface area contributed by atoms with Gasteiger partial charge in [-0.15, -0.1) is 0 Å². The van der Waals surface area contributed by atoms with Crippen LogP contribution in [0.1, 0.15) is 5.56 Å². The molecule has 1 aromatic rings. The molecule has 2 aliphatic rings. The number of nitrogens with zero attached hydrogens (tertiary/aromatic N) is 1. The van der Waals surface area contributed by atoms with Gasteiger partial charge in [0, 0.05) is 17.6 Å². The predicted octanol–water partition coefficient (Wildman–Crippen LogP) is 3.10. The molecule has 2 aliphatic heterocycles. The van der Waals surface area contributed by atoms with Crippen LogP contribution in [0.15, 0.2) is 40.8 Å². The molecule has 0 saturated carbocycles. The number of benzene rings is 1. The summed E-state index contributed by atoms with van der Waals surface area (Å²) in [5, 5.41) is 2.14. The first-order valence-electron chi connectivity index (χ1n) is 4.35. The van der Waals surface area contributed by atoms with E-state index in [2.05, 4.69) is 46.9 Å². The van der Waals surface area contributed by atoms with Crippen molar-refractivity contribution in [3.8, 4) is 0 Å². The van der Waals surface area contributed by atoms with Gasteiger partial charge < -0.3 is 4.90 Å². The van der Waals surface area contributed by atoms with Crippen LogP contribution in [0.2, 0.25) is 0 Å². The van der Waals surface area contributed by atoms with Crippen LogP contribution in [0, 0.1) is 0 Å². The number of rotatable bonds is 0. The quantitative estimate of drug-likeness (QED) is 0.614. The molecule has 0 amide bonds. The third kappa shape index (κ3) is 1.02. The van der Waals surface area contributed by atoms with E-state index in [9.17, 15) is 0 Å². The highest BCUT2D eigenvalue weighted by atomic mass is 32.2. The van der Waals surface area contributed by atoms with Crippen molar-refractivity contribution in [3.05, 3.63) is 41.4 Å². The lowest BCUT2D eigenvalue weighted by Crippen LogP contribution is -2.21. The van der Waals surface area contributed by atoms with E-state index in [0.29, 0.717) is 0 Å². The van der Waals surface area contributed by atoms with Gasteiger partial charge in [0.15, 0.2) is 0 Å². The van der Waals surface area contributed by atoms with E-state index in [-0.39, 0.29) is 0 Å². The van der Waals surface area contributed by atoms with Crippen molar-refractivity contribution in [3.63, 3.8) is 0 Å². The molecule has 2 heteroatoms. The lowest BCUT2D eigenvalue weighted by molar-refractivity contribution is 1.05. The Hall–Kier alpha value is -1.15. The van der Waals surface area contributed by atoms with E-state index in [1.807, 2.05) is 0 Å². The maximum Gasteiger partial charge on any atom is 0.0624 e.